The molecule has 1 atom stereocenters. The lowest BCUT2D eigenvalue weighted by atomic mass is 10.3. The largest absolute Gasteiger partial charge is 0.480 e. The lowest BCUT2D eigenvalue weighted by Gasteiger charge is -2.12. The molecule has 5 nitrogen and oxygen atoms in total. The number of rotatable bonds is 10. The maximum Gasteiger partial charge on any atom is 0.327 e. The van der Waals surface area contributed by atoms with E-state index in [1.165, 1.54) is 18.7 Å². The van der Waals surface area contributed by atoms with Crippen LogP contribution in [-0.4, -0.2) is 47.7 Å². The third kappa shape index (κ3) is 10.1. The molecule has 0 aromatic heterocycles. The smallest absolute Gasteiger partial charge is 0.327 e. The summed E-state index contributed by atoms with van der Waals surface area (Å²) in [5.41, 5.74) is 0. The number of hydrogen-bond donors (Lipinski definition) is 2. The summed E-state index contributed by atoms with van der Waals surface area (Å²) in [4.78, 5) is 21.5. The zero-order chi connectivity index (χ0) is 13.1. The number of thioether (sulfide) groups is 1. The topological polar surface area (TPSA) is 75.6 Å². The van der Waals surface area contributed by atoms with Crippen molar-refractivity contribution in [3.63, 3.8) is 0 Å². The zero-order valence-electron chi connectivity index (χ0n) is 10.4. The molecule has 0 saturated carbocycles. The molecular weight excluding hydrogens is 242 g/mol. The molecule has 0 aromatic carbocycles. The van der Waals surface area contributed by atoms with Crippen LogP contribution in [0.2, 0.25) is 0 Å². The van der Waals surface area contributed by atoms with Crippen molar-refractivity contribution < 1.29 is 19.4 Å². The second-order valence-corrected chi connectivity index (χ2v) is 4.78. The summed E-state index contributed by atoms with van der Waals surface area (Å²) in [6.45, 7) is 4.79. The summed E-state index contributed by atoms with van der Waals surface area (Å²) in [5, 5.41) is 11.2. The van der Waals surface area contributed by atoms with Crippen LogP contribution in [-0.2, 0) is 14.3 Å². The maximum absolute atomic E-state index is 10.8. The second-order valence-electron chi connectivity index (χ2n) is 3.63. The van der Waals surface area contributed by atoms with Crippen molar-refractivity contribution in [3.8, 4) is 0 Å². The fraction of sp³-hybridized carbons (Fsp3) is 0.818. The van der Waals surface area contributed by atoms with E-state index in [4.69, 9.17) is 9.84 Å². The number of hydrogen-bond acceptors (Lipinski definition) is 4. The third-order valence-electron chi connectivity index (χ3n) is 1.97. The number of nitrogens with one attached hydrogen (secondary N) is 1. The molecule has 0 heterocycles. The summed E-state index contributed by atoms with van der Waals surface area (Å²) in [6, 6.07) is -0.812. The molecule has 0 spiro atoms. The van der Waals surface area contributed by atoms with Crippen LogP contribution >= 0.6 is 11.8 Å². The molecule has 0 radical (unpaired) electrons. The predicted molar refractivity (Wildman–Crippen MR) is 68.3 cm³/mol. The molecule has 0 saturated heterocycles. The van der Waals surface area contributed by atoms with Gasteiger partial charge in [-0.25, -0.2) is 4.79 Å². The summed E-state index contributed by atoms with van der Waals surface area (Å²) in [6.07, 6.45) is 2.16. The van der Waals surface area contributed by atoms with Crippen molar-refractivity contribution in [2.24, 2.45) is 0 Å². The Kier molecular flexibility index (Phi) is 9.95. The first-order valence-corrected chi connectivity index (χ1v) is 6.88. The number of carbonyl (C=O) groups excluding carboxylic acids is 1. The highest BCUT2D eigenvalue weighted by Gasteiger charge is 2.17. The van der Waals surface area contributed by atoms with Crippen molar-refractivity contribution in [2.75, 3.05) is 24.7 Å². The lowest BCUT2D eigenvalue weighted by molar-refractivity contribution is -0.140. The van der Waals surface area contributed by atoms with E-state index in [0.29, 0.717) is 12.4 Å². The van der Waals surface area contributed by atoms with Gasteiger partial charge >= 0.3 is 5.97 Å². The fourth-order valence-corrected chi connectivity index (χ4v) is 1.95. The molecule has 1 amide bonds. The van der Waals surface area contributed by atoms with Crippen molar-refractivity contribution in [1.82, 2.24) is 5.32 Å². The molecule has 0 aromatic rings. The molecule has 17 heavy (non-hydrogen) atoms. The highest BCUT2D eigenvalue weighted by Crippen LogP contribution is 2.03. The Balaban J connectivity index is 3.55. The molecular formula is C11H21NO4S. The molecule has 100 valence electrons. The van der Waals surface area contributed by atoms with Crippen LogP contribution in [0.25, 0.3) is 0 Å². The van der Waals surface area contributed by atoms with Crippen LogP contribution in [0.4, 0.5) is 0 Å². The Hall–Kier alpha value is -0.750. The van der Waals surface area contributed by atoms with Crippen molar-refractivity contribution >= 4 is 23.6 Å². The van der Waals surface area contributed by atoms with Gasteiger partial charge < -0.3 is 15.2 Å². The highest BCUT2D eigenvalue weighted by molar-refractivity contribution is 7.99. The number of ether oxygens (including phenoxy) is 1. The third-order valence-corrected chi connectivity index (χ3v) is 3.00. The summed E-state index contributed by atoms with van der Waals surface area (Å²) >= 11 is 1.47. The van der Waals surface area contributed by atoms with Gasteiger partial charge in [0.1, 0.15) is 6.04 Å². The summed E-state index contributed by atoms with van der Waals surface area (Å²) < 4.78 is 5.34. The van der Waals surface area contributed by atoms with Gasteiger partial charge in [0.25, 0.3) is 0 Å². The standard InChI is InChI=1S/C11H21NO4S/c1-3-4-5-16-6-7-17-8-10(11(14)15)12-9(2)13/h10H,3-8H2,1-2H3,(H,12,13)(H,14,15). The van der Waals surface area contributed by atoms with Crippen LogP contribution in [0.1, 0.15) is 26.7 Å². The molecule has 0 rings (SSSR count). The monoisotopic (exact) mass is 263 g/mol. The molecule has 0 aliphatic heterocycles. The molecule has 1 unspecified atom stereocenters. The van der Waals surface area contributed by atoms with Gasteiger partial charge in [-0.3, -0.25) is 4.79 Å². The molecule has 0 bridgehead atoms. The van der Waals surface area contributed by atoms with Crippen LogP contribution in [0.5, 0.6) is 0 Å². The lowest BCUT2D eigenvalue weighted by Crippen LogP contribution is -2.41. The zero-order valence-corrected chi connectivity index (χ0v) is 11.2. The van der Waals surface area contributed by atoms with E-state index < -0.39 is 12.0 Å². The van der Waals surface area contributed by atoms with E-state index in [9.17, 15) is 9.59 Å². The van der Waals surface area contributed by atoms with Crippen LogP contribution in [0, 0.1) is 0 Å². The van der Waals surface area contributed by atoms with Crippen LogP contribution in [0.15, 0.2) is 0 Å². The average molecular weight is 263 g/mol. The van der Waals surface area contributed by atoms with Gasteiger partial charge in [-0.05, 0) is 6.42 Å². The molecule has 0 aliphatic carbocycles. The summed E-state index contributed by atoms with van der Waals surface area (Å²) in [5.74, 6) is -0.212. The van der Waals surface area contributed by atoms with Crippen LogP contribution in [0.3, 0.4) is 0 Å². The molecule has 0 aliphatic rings. The maximum atomic E-state index is 10.8. The summed E-state index contributed by atoms with van der Waals surface area (Å²) in [7, 11) is 0. The van der Waals surface area contributed by atoms with Crippen molar-refractivity contribution in [1.29, 1.82) is 0 Å². The van der Waals surface area contributed by atoms with E-state index in [1.807, 2.05) is 0 Å². The Morgan fingerprint density at radius 2 is 2.12 bits per heavy atom. The van der Waals surface area contributed by atoms with Crippen LogP contribution < -0.4 is 5.32 Å². The number of carboxylic acid groups (broad SMARTS) is 1. The Labute approximate surface area is 106 Å². The fourth-order valence-electron chi connectivity index (χ4n) is 1.09. The van der Waals surface area contributed by atoms with Crippen molar-refractivity contribution in [3.05, 3.63) is 0 Å². The minimum absolute atomic E-state index is 0.322. The Bertz CT molecular complexity index is 236. The first kappa shape index (κ1) is 16.2. The number of aliphatic carboxylic acids is 1. The van der Waals surface area contributed by atoms with Crippen molar-refractivity contribution in [2.45, 2.75) is 32.7 Å². The molecule has 2 N–H and O–H groups in total. The first-order valence-electron chi connectivity index (χ1n) is 5.73. The Morgan fingerprint density at radius 1 is 1.41 bits per heavy atom. The number of carboxylic acids is 1. The van der Waals surface area contributed by atoms with Gasteiger partial charge in [-0.1, -0.05) is 13.3 Å². The number of carbonyl (C=O) groups is 2. The number of amides is 1. The first-order chi connectivity index (χ1) is 8.07. The Morgan fingerprint density at radius 3 is 2.65 bits per heavy atom. The highest BCUT2D eigenvalue weighted by atomic mass is 32.2. The van der Waals surface area contributed by atoms with Gasteiger partial charge in [0.15, 0.2) is 0 Å². The van der Waals surface area contributed by atoms with Gasteiger partial charge in [-0.2, -0.15) is 11.8 Å². The van der Waals surface area contributed by atoms with E-state index in [0.717, 1.165) is 25.2 Å². The van der Waals surface area contributed by atoms with E-state index in [-0.39, 0.29) is 5.91 Å². The second kappa shape index (κ2) is 10.4. The van der Waals surface area contributed by atoms with Gasteiger partial charge in [-0.15, -0.1) is 0 Å². The van der Waals surface area contributed by atoms with Gasteiger partial charge in [0.05, 0.1) is 6.61 Å². The molecule has 6 heteroatoms. The van der Waals surface area contributed by atoms with Gasteiger partial charge in [0.2, 0.25) is 5.91 Å². The quantitative estimate of drug-likeness (QED) is 0.578. The minimum Gasteiger partial charge on any atom is -0.480 e. The van der Waals surface area contributed by atoms with E-state index in [1.54, 1.807) is 0 Å². The van der Waals surface area contributed by atoms with Gasteiger partial charge in [0, 0.05) is 25.0 Å². The SMILES string of the molecule is CCCCOCCSCC(NC(C)=O)C(=O)O. The molecule has 0 fully saturated rings. The predicted octanol–water partition coefficient (Wildman–Crippen LogP) is 1.13. The number of unbranched alkanes of at least 4 members (excludes halogenated alkanes) is 1. The normalized spacial score (nSPS) is 12.1. The van der Waals surface area contributed by atoms with E-state index in [2.05, 4.69) is 12.2 Å². The minimum atomic E-state index is -1.00. The van der Waals surface area contributed by atoms with E-state index >= 15 is 0 Å². The average Bonchev–Trinajstić information content (AvgIpc) is 2.25.